The van der Waals surface area contributed by atoms with Crippen LogP contribution in [0.5, 0.6) is 0 Å². The topological polar surface area (TPSA) is 8.17 Å². The fraction of sp³-hybridized carbons (Fsp3) is 0. The molecule has 0 saturated heterocycles. The average molecular weight is 815 g/mol. The molecule has 0 atom stereocenters. The molecule has 0 saturated carbocycles. The maximum atomic E-state index is 2.37. The lowest BCUT2D eigenvalue weighted by Crippen LogP contribution is -2.09. The Kier molecular flexibility index (Phi) is 9.20. The second-order valence-electron chi connectivity index (χ2n) is 16.5. The quantitative estimate of drug-likeness (QED) is 0.148. The number of benzene rings is 11. The Hall–Kier alpha value is -8.46. The van der Waals surface area contributed by atoms with Gasteiger partial charge in [0.15, 0.2) is 0 Å². The number of rotatable bonds is 8. The van der Waals surface area contributed by atoms with Crippen molar-refractivity contribution in [3.8, 4) is 50.2 Å². The lowest BCUT2D eigenvalue weighted by atomic mass is 9.96. The van der Waals surface area contributed by atoms with Crippen molar-refractivity contribution in [3.63, 3.8) is 0 Å². The van der Waals surface area contributed by atoms with Crippen LogP contribution in [0.3, 0.4) is 0 Å². The van der Waals surface area contributed by atoms with Crippen LogP contribution in [-0.2, 0) is 0 Å². The minimum absolute atomic E-state index is 1.09. The Bertz CT molecular complexity index is 3610. The van der Waals surface area contributed by atoms with E-state index in [1.165, 1.54) is 93.5 Å². The zero-order valence-electron chi connectivity index (χ0n) is 35.1. The Labute approximate surface area is 373 Å². The maximum absolute atomic E-state index is 2.37. The van der Waals surface area contributed by atoms with Crippen LogP contribution < -0.4 is 4.90 Å². The number of hydrogen-bond acceptors (Lipinski definition) is 1. The Balaban J connectivity index is 0.903. The van der Waals surface area contributed by atoms with E-state index < -0.39 is 0 Å². The third-order valence-corrected chi connectivity index (χ3v) is 12.8. The summed E-state index contributed by atoms with van der Waals surface area (Å²) >= 11 is 0. The zero-order valence-corrected chi connectivity index (χ0v) is 35.1. The molecule has 2 heteroatoms. The first-order valence-electron chi connectivity index (χ1n) is 22.0. The van der Waals surface area contributed by atoms with Crippen molar-refractivity contribution in [1.82, 2.24) is 4.57 Å². The third kappa shape index (κ3) is 6.61. The summed E-state index contributed by atoms with van der Waals surface area (Å²) < 4.78 is 2.37. The molecule has 12 aromatic rings. The number of anilines is 3. The van der Waals surface area contributed by atoms with Crippen LogP contribution in [-0.4, -0.2) is 4.57 Å². The Morgan fingerprint density at radius 1 is 0.250 bits per heavy atom. The SMILES string of the molecule is c1ccc(-n2c3ccccc3c3cc(-c4ccc(N(c5ccc(-c6ccc(-c7cccc8ccccc78)cc6)cc5)c5ccc(-c6cccc7ccccc67)cc5)cc4)ccc32)cc1. The molecule has 64 heavy (non-hydrogen) atoms. The van der Waals surface area contributed by atoms with Gasteiger partial charge in [-0.15, -0.1) is 0 Å². The van der Waals surface area contributed by atoms with E-state index in [4.69, 9.17) is 0 Å². The fourth-order valence-corrected chi connectivity index (χ4v) is 9.65. The molecular formula is C62H42N2. The monoisotopic (exact) mass is 814 g/mol. The van der Waals surface area contributed by atoms with Crippen LogP contribution in [0.15, 0.2) is 255 Å². The summed E-state index contributed by atoms with van der Waals surface area (Å²) in [6, 6.07) is 92.6. The normalized spacial score (nSPS) is 11.4. The first-order chi connectivity index (χ1) is 31.7. The van der Waals surface area contributed by atoms with Crippen molar-refractivity contribution >= 4 is 60.4 Å². The van der Waals surface area contributed by atoms with Crippen molar-refractivity contribution in [2.45, 2.75) is 0 Å². The van der Waals surface area contributed by atoms with E-state index in [9.17, 15) is 0 Å². The minimum atomic E-state index is 1.09. The van der Waals surface area contributed by atoms with Gasteiger partial charge in [0.1, 0.15) is 0 Å². The van der Waals surface area contributed by atoms with Crippen molar-refractivity contribution in [1.29, 1.82) is 0 Å². The number of nitrogens with zero attached hydrogens (tertiary/aromatic N) is 2. The first kappa shape index (κ1) is 37.3. The van der Waals surface area contributed by atoms with Gasteiger partial charge < -0.3 is 9.47 Å². The van der Waals surface area contributed by atoms with Gasteiger partial charge >= 0.3 is 0 Å². The molecule has 0 N–H and O–H groups in total. The van der Waals surface area contributed by atoms with E-state index in [0.717, 1.165) is 17.1 Å². The molecular weight excluding hydrogens is 773 g/mol. The highest BCUT2D eigenvalue weighted by atomic mass is 15.1. The van der Waals surface area contributed by atoms with Gasteiger partial charge in [0, 0.05) is 33.5 Å². The van der Waals surface area contributed by atoms with E-state index in [0.29, 0.717) is 0 Å². The summed E-state index contributed by atoms with van der Waals surface area (Å²) in [4.78, 5) is 2.36. The summed E-state index contributed by atoms with van der Waals surface area (Å²) in [5.41, 5.74) is 16.5. The molecule has 2 nitrogen and oxygen atoms in total. The summed E-state index contributed by atoms with van der Waals surface area (Å²) in [6.45, 7) is 0. The highest BCUT2D eigenvalue weighted by Gasteiger charge is 2.17. The van der Waals surface area contributed by atoms with Crippen molar-refractivity contribution in [2.24, 2.45) is 0 Å². The smallest absolute Gasteiger partial charge is 0.0541 e. The first-order valence-corrected chi connectivity index (χ1v) is 22.0. The van der Waals surface area contributed by atoms with E-state index in [2.05, 4.69) is 264 Å². The molecule has 11 aromatic carbocycles. The fourth-order valence-electron chi connectivity index (χ4n) is 9.65. The van der Waals surface area contributed by atoms with Crippen LogP contribution in [0.2, 0.25) is 0 Å². The molecule has 12 rings (SSSR count). The molecule has 0 bridgehead atoms. The van der Waals surface area contributed by atoms with Gasteiger partial charge in [-0.1, -0.05) is 188 Å². The van der Waals surface area contributed by atoms with Crippen LogP contribution in [0, 0.1) is 0 Å². The van der Waals surface area contributed by atoms with Gasteiger partial charge in [-0.05, 0) is 133 Å². The highest BCUT2D eigenvalue weighted by Crippen LogP contribution is 2.40. The molecule has 300 valence electrons. The molecule has 0 radical (unpaired) electrons. The molecule has 0 unspecified atom stereocenters. The van der Waals surface area contributed by atoms with Crippen molar-refractivity contribution in [3.05, 3.63) is 255 Å². The summed E-state index contributed by atoms with van der Waals surface area (Å²) in [6.07, 6.45) is 0. The van der Waals surface area contributed by atoms with Gasteiger partial charge in [0.25, 0.3) is 0 Å². The minimum Gasteiger partial charge on any atom is -0.311 e. The molecule has 0 aliphatic heterocycles. The number of fused-ring (bicyclic) bond motifs is 5. The molecule has 1 aromatic heterocycles. The van der Waals surface area contributed by atoms with Crippen LogP contribution in [0.1, 0.15) is 0 Å². The van der Waals surface area contributed by atoms with Crippen LogP contribution in [0.25, 0.3) is 93.5 Å². The van der Waals surface area contributed by atoms with E-state index in [-0.39, 0.29) is 0 Å². The highest BCUT2D eigenvalue weighted by molar-refractivity contribution is 6.10. The lowest BCUT2D eigenvalue weighted by molar-refractivity contribution is 1.18. The van der Waals surface area contributed by atoms with Crippen LogP contribution in [0.4, 0.5) is 17.1 Å². The van der Waals surface area contributed by atoms with E-state index >= 15 is 0 Å². The lowest BCUT2D eigenvalue weighted by Gasteiger charge is -2.26. The van der Waals surface area contributed by atoms with Gasteiger partial charge in [0.05, 0.1) is 11.0 Å². The van der Waals surface area contributed by atoms with E-state index in [1.807, 2.05) is 0 Å². The predicted octanol–water partition coefficient (Wildman–Crippen LogP) is 17.2. The standard InChI is InChI=1S/C62H42N2/c1-2-16-51(17-3-1)64-61-23-9-8-20-59(61)60-42-50(34-41-62(60)64)45-30-37-53(38-31-45)63(54-39-32-49(33-40-54)58-22-11-15-47-13-5-7-19-56(47)58)52-35-28-44(29-36-52)43-24-26-48(27-25-43)57-21-10-14-46-12-4-6-18-55(46)57/h1-42H. The molecule has 1 heterocycles. The number of para-hydroxylation sites is 2. The van der Waals surface area contributed by atoms with Gasteiger partial charge in [-0.2, -0.15) is 0 Å². The Morgan fingerprint density at radius 2 is 0.641 bits per heavy atom. The van der Waals surface area contributed by atoms with Gasteiger partial charge in [-0.3, -0.25) is 0 Å². The molecule has 0 spiro atoms. The summed E-state index contributed by atoms with van der Waals surface area (Å²) in [5, 5.41) is 7.53. The maximum Gasteiger partial charge on any atom is 0.0541 e. The van der Waals surface area contributed by atoms with E-state index in [1.54, 1.807) is 0 Å². The molecule has 0 aliphatic rings. The number of hydrogen-bond donors (Lipinski definition) is 0. The molecule has 0 fully saturated rings. The van der Waals surface area contributed by atoms with Crippen molar-refractivity contribution in [2.75, 3.05) is 4.90 Å². The molecule has 0 aliphatic carbocycles. The number of aromatic nitrogens is 1. The predicted molar refractivity (Wildman–Crippen MR) is 272 cm³/mol. The second-order valence-corrected chi connectivity index (χ2v) is 16.5. The Morgan fingerprint density at radius 3 is 1.20 bits per heavy atom. The van der Waals surface area contributed by atoms with Gasteiger partial charge in [0.2, 0.25) is 0 Å². The second kappa shape index (κ2) is 15.8. The summed E-state index contributed by atoms with van der Waals surface area (Å²) in [5.74, 6) is 0. The van der Waals surface area contributed by atoms with Gasteiger partial charge in [-0.25, -0.2) is 0 Å². The van der Waals surface area contributed by atoms with Crippen LogP contribution >= 0.6 is 0 Å². The summed E-state index contributed by atoms with van der Waals surface area (Å²) in [7, 11) is 0. The third-order valence-electron chi connectivity index (χ3n) is 12.8. The van der Waals surface area contributed by atoms with Crippen molar-refractivity contribution < 1.29 is 0 Å². The average Bonchev–Trinajstić information content (AvgIpc) is 3.71. The largest absolute Gasteiger partial charge is 0.311 e. The zero-order chi connectivity index (χ0) is 42.4. The molecule has 0 amide bonds.